The van der Waals surface area contributed by atoms with Crippen molar-refractivity contribution < 1.29 is 0 Å². The van der Waals surface area contributed by atoms with Crippen molar-refractivity contribution in [2.45, 2.75) is 25.7 Å². The normalized spacial score (nSPS) is 14.1. The van der Waals surface area contributed by atoms with E-state index in [0.29, 0.717) is 18.4 Å². The molecule has 19 heavy (non-hydrogen) atoms. The first-order chi connectivity index (χ1) is 9.13. The molecular formula is C17H20BrN. The third kappa shape index (κ3) is 3.26. The second-order valence-corrected chi connectivity index (χ2v) is 5.96. The molecule has 2 heteroatoms. The van der Waals surface area contributed by atoms with Gasteiger partial charge in [0, 0.05) is 10.4 Å². The highest BCUT2D eigenvalue weighted by molar-refractivity contribution is 9.10. The van der Waals surface area contributed by atoms with Crippen molar-refractivity contribution in [3.63, 3.8) is 0 Å². The van der Waals surface area contributed by atoms with Crippen LogP contribution < -0.4 is 5.73 Å². The van der Waals surface area contributed by atoms with E-state index in [0.717, 1.165) is 4.47 Å². The number of rotatable bonds is 4. The Kier molecular flexibility index (Phi) is 4.78. The molecule has 2 rings (SSSR count). The fourth-order valence-corrected chi connectivity index (χ4v) is 2.85. The Morgan fingerprint density at radius 3 is 2.32 bits per heavy atom. The average molecular weight is 318 g/mol. The Hall–Kier alpha value is -1.12. The average Bonchev–Trinajstić information content (AvgIpc) is 2.45. The highest BCUT2D eigenvalue weighted by Crippen LogP contribution is 2.31. The van der Waals surface area contributed by atoms with Crippen molar-refractivity contribution in [2.24, 2.45) is 5.73 Å². The Morgan fingerprint density at radius 1 is 1.00 bits per heavy atom. The van der Waals surface area contributed by atoms with Gasteiger partial charge >= 0.3 is 0 Å². The van der Waals surface area contributed by atoms with Crippen LogP contribution in [0.5, 0.6) is 0 Å². The smallest absolute Gasteiger partial charge is 0.0178 e. The molecule has 1 nitrogen and oxygen atoms in total. The van der Waals surface area contributed by atoms with E-state index in [2.05, 4.69) is 78.3 Å². The molecule has 0 heterocycles. The zero-order valence-electron chi connectivity index (χ0n) is 11.4. The summed E-state index contributed by atoms with van der Waals surface area (Å²) in [5.74, 6) is 0.772. The molecule has 100 valence electrons. The van der Waals surface area contributed by atoms with Crippen LogP contribution in [-0.2, 0) is 0 Å². The highest BCUT2D eigenvalue weighted by Gasteiger charge is 2.15. The molecule has 0 aliphatic heterocycles. The van der Waals surface area contributed by atoms with Gasteiger partial charge in [0.15, 0.2) is 0 Å². The summed E-state index contributed by atoms with van der Waals surface area (Å²) in [7, 11) is 0. The largest absolute Gasteiger partial charge is 0.330 e. The quantitative estimate of drug-likeness (QED) is 0.871. The third-order valence-electron chi connectivity index (χ3n) is 3.70. The number of benzene rings is 2. The van der Waals surface area contributed by atoms with Crippen molar-refractivity contribution in [1.82, 2.24) is 0 Å². The molecule has 0 bridgehead atoms. The first kappa shape index (κ1) is 14.3. The fraction of sp³-hybridized carbons (Fsp3) is 0.294. The summed E-state index contributed by atoms with van der Waals surface area (Å²) in [6.07, 6.45) is 0. The molecule has 0 amide bonds. The second kappa shape index (κ2) is 6.36. The minimum absolute atomic E-state index is 0.377. The standard InChI is InChI=1S/C17H20BrN/c1-12(11-19)16-8-3-4-9-17(16)13(2)14-6-5-7-15(18)10-14/h3-10,12-13H,11,19H2,1-2H3. The summed E-state index contributed by atoms with van der Waals surface area (Å²) in [5.41, 5.74) is 9.89. The monoisotopic (exact) mass is 317 g/mol. The van der Waals surface area contributed by atoms with E-state index in [9.17, 15) is 0 Å². The number of nitrogens with two attached hydrogens (primary N) is 1. The van der Waals surface area contributed by atoms with Crippen molar-refractivity contribution >= 4 is 15.9 Å². The van der Waals surface area contributed by atoms with E-state index in [1.54, 1.807) is 0 Å². The second-order valence-electron chi connectivity index (χ2n) is 5.04. The van der Waals surface area contributed by atoms with Crippen molar-refractivity contribution in [2.75, 3.05) is 6.54 Å². The van der Waals surface area contributed by atoms with Gasteiger partial charge in [0.2, 0.25) is 0 Å². The van der Waals surface area contributed by atoms with Gasteiger partial charge in [-0.15, -0.1) is 0 Å². The first-order valence-corrected chi connectivity index (χ1v) is 7.47. The molecule has 0 aliphatic rings. The summed E-state index contributed by atoms with van der Waals surface area (Å²) in [6.45, 7) is 5.12. The number of hydrogen-bond donors (Lipinski definition) is 1. The van der Waals surface area contributed by atoms with E-state index in [1.165, 1.54) is 16.7 Å². The van der Waals surface area contributed by atoms with Gasteiger partial charge in [0.1, 0.15) is 0 Å². The molecule has 2 aromatic rings. The maximum atomic E-state index is 5.83. The van der Waals surface area contributed by atoms with Crippen LogP contribution in [0, 0.1) is 0 Å². The zero-order chi connectivity index (χ0) is 13.8. The maximum Gasteiger partial charge on any atom is 0.0178 e. The zero-order valence-corrected chi connectivity index (χ0v) is 13.0. The van der Waals surface area contributed by atoms with Crippen molar-refractivity contribution in [3.05, 3.63) is 69.7 Å². The van der Waals surface area contributed by atoms with E-state index >= 15 is 0 Å². The van der Waals surface area contributed by atoms with Crippen LogP contribution in [-0.4, -0.2) is 6.54 Å². The molecule has 2 unspecified atom stereocenters. The molecule has 0 radical (unpaired) electrons. The highest BCUT2D eigenvalue weighted by atomic mass is 79.9. The maximum absolute atomic E-state index is 5.83. The predicted octanol–water partition coefficient (Wildman–Crippen LogP) is 4.66. The predicted molar refractivity (Wildman–Crippen MR) is 85.6 cm³/mol. The molecule has 0 saturated heterocycles. The third-order valence-corrected chi connectivity index (χ3v) is 4.19. The Bertz CT molecular complexity index is 550. The van der Waals surface area contributed by atoms with Gasteiger partial charge in [-0.05, 0) is 41.3 Å². The SMILES string of the molecule is CC(CN)c1ccccc1C(C)c1cccc(Br)c1. The van der Waals surface area contributed by atoms with Crippen molar-refractivity contribution in [1.29, 1.82) is 0 Å². The summed E-state index contributed by atoms with van der Waals surface area (Å²) < 4.78 is 1.13. The first-order valence-electron chi connectivity index (χ1n) is 6.67. The van der Waals surface area contributed by atoms with Crippen molar-refractivity contribution in [3.8, 4) is 0 Å². The van der Waals surface area contributed by atoms with Crippen LogP contribution in [0.3, 0.4) is 0 Å². The molecule has 0 aliphatic carbocycles. The van der Waals surface area contributed by atoms with E-state index in [1.807, 2.05) is 0 Å². The molecule has 0 saturated carbocycles. The molecule has 0 spiro atoms. The van der Waals surface area contributed by atoms with Crippen LogP contribution in [0.2, 0.25) is 0 Å². The Balaban J connectivity index is 2.41. The lowest BCUT2D eigenvalue weighted by Gasteiger charge is -2.20. The lowest BCUT2D eigenvalue weighted by atomic mass is 9.85. The topological polar surface area (TPSA) is 26.0 Å². The van der Waals surface area contributed by atoms with Gasteiger partial charge in [-0.1, -0.05) is 66.2 Å². The van der Waals surface area contributed by atoms with Crippen LogP contribution in [0.1, 0.15) is 42.4 Å². The van der Waals surface area contributed by atoms with E-state index < -0.39 is 0 Å². The summed E-state index contributed by atoms with van der Waals surface area (Å²) >= 11 is 3.54. The number of hydrogen-bond acceptors (Lipinski definition) is 1. The molecule has 0 fully saturated rings. The molecule has 2 atom stereocenters. The van der Waals surface area contributed by atoms with Crippen LogP contribution in [0.4, 0.5) is 0 Å². The summed E-state index contributed by atoms with van der Waals surface area (Å²) in [4.78, 5) is 0. The minimum Gasteiger partial charge on any atom is -0.330 e. The summed E-state index contributed by atoms with van der Waals surface area (Å²) in [6, 6.07) is 17.1. The van der Waals surface area contributed by atoms with E-state index in [-0.39, 0.29) is 0 Å². The molecule has 0 aromatic heterocycles. The van der Waals surface area contributed by atoms with Crippen LogP contribution >= 0.6 is 15.9 Å². The van der Waals surface area contributed by atoms with Crippen LogP contribution in [0.25, 0.3) is 0 Å². The van der Waals surface area contributed by atoms with Crippen LogP contribution in [0.15, 0.2) is 53.0 Å². The van der Waals surface area contributed by atoms with Gasteiger partial charge < -0.3 is 5.73 Å². The van der Waals surface area contributed by atoms with Gasteiger partial charge in [-0.3, -0.25) is 0 Å². The lowest BCUT2D eigenvalue weighted by Crippen LogP contribution is -2.12. The van der Waals surface area contributed by atoms with Gasteiger partial charge in [-0.2, -0.15) is 0 Å². The molecular weight excluding hydrogens is 298 g/mol. The lowest BCUT2D eigenvalue weighted by molar-refractivity contribution is 0.748. The fourth-order valence-electron chi connectivity index (χ4n) is 2.44. The number of halogens is 1. The molecule has 2 aromatic carbocycles. The van der Waals surface area contributed by atoms with Gasteiger partial charge in [-0.25, -0.2) is 0 Å². The minimum atomic E-state index is 0.377. The Labute approximate surface area is 124 Å². The van der Waals surface area contributed by atoms with E-state index in [4.69, 9.17) is 5.73 Å². The summed E-state index contributed by atoms with van der Waals surface area (Å²) in [5, 5.41) is 0. The Morgan fingerprint density at radius 2 is 1.68 bits per heavy atom. The van der Waals surface area contributed by atoms with Gasteiger partial charge in [0.05, 0.1) is 0 Å². The van der Waals surface area contributed by atoms with Gasteiger partial charge in [0.25, 0.3) is 0 Å². The molecule has 2 N–H and O–H groups in total.